The Morgan fingerprint density at radius 2 is 2.05 bits per heavy atom. The molecule has 1 aromatic heterocycles. The number of pyridine rings is 1. The SMILES string of the molecule is CC(C)CN(CCC(O)c1ccc(F)cn1)C1CCCC1. The summed E-state index contributed by atoms with van der Waals surface area (Å²) in [5.41, 5.74) is 0.562. The molecule has 0 aliphatic heterocycles. The van der Waals surface area contributed by atoms with E-state index >= 15 is 0 Å². The van der Waals surface area contributed by atoms with Crippen molar-refractivity contribution >= 4 is 0 Å². The van der Waals surface area contributed by atoms with Crippen LogP contribution in [-0.2, 0) is 0 Å². The molecule has 1 fully saturated rings. The zero-order chi connectivity index (χ0) is 15.2. The van der Waals surface area contributed by atoms with Crippen molar-refractivity contribution < 1.29 is 9.50 Å². The Bertz CT molecular complexity index is 415. The van der Waals surface area contributed by atoms with Gasteiger partial charge in [-0.3, -0.25) is 4.98 Å². The molecule has 1 aliphatic rings. The number of aromatic nitrogens is 1. The molecule has 1 heterocycles. The number of rotatable bonds is 7. The first-order valence-electron chi connectivity index (χ1n) is 8.10. The monoisotopic (exact) mass is 294 g/mol. The van der Waals surface area contributed by atoms with Crippen LogP contribution in [0.5, 0.6) is 0 Å². The Morgan fingerprint density at radius 1 is 1.33 bits per heavy atom. The van der Waals surface area contributed by atoms with E-state index < -0.39 is 6.10 Å². The number of hydrogen-bond acceptors (Lipinski definition) is 3. The lowest BCUT2D eigenvalue weighted by Crippen LogP contribution is -2.37. The summed E-state index contributed by atoms with van der Waals surface area (Å²) >= 11 is 0. The lowest BCUT2D eigenvalue weighted by Gasteiger charge is -2.31. The molecule has 1 aromatic rings. The van der Waals surface area contributed by atoms with Gasteiger partial charge in [0.1, 0.15) is 5.82 Å². The summed E-state index contributed by atoms with van der Waals surface area (Å²) in [7, 11) is 0. The fourth-order valence-corrected chi connectivity index (χ4v) is 3.18. The molecule has 0 radical (unpaired) electrons. The molecule has 118 valence electrons. The average Bonchev–Trinajstić information content (AvgIpc) is 2.97. The minimum Gasteiger partial charge on any atom is -0.387 e. The molecule has 1 N–H and O–H groups in total. The molecule has 0 spiro atoms. The maximum absolute atomic E-state index is 12.9. The predicted octanol–water partition coefficient (Wildman–Crippen LogP) is 3.54. The molecule has 3 nitrogen and oxygen atoms in total. The van der Waals surface area contributed by atoms with Gasteiger partial charge in [-0.2, -0.15) is 0 Å². The van der Waals surface area contributed by atoms with E-state index in [0.717, 1.165) is 13.1 Å². The van der Waals surface area contributed by atoms with Gasteiger partial charge in [0.2, 0.25) is 0 Å². The topological polar surface area (TPSA) is 36.4 Å². The van der Waals surface area contributed by atoms with Crippen molar-refractivity contribution in [3.05, 3.63) is 29.8 Å². The lowest BCUT2D eigenvalue weighted by atomic mass is 10.1. The molecule has 1 atom stereocenters. The Hall–Kier alpha value is -1.00. The Kier molecular flexibility index (Phi) is 6.12. The van der Waals surface area contributed by atoms with Crippen LogP contribution in [0.1, 0.15) is 57.7 Å². The third-order valence-corrected chi connectivity index (χ3v) is 4.22. The average molecular weight is 294 g/mol. The smallest absolute Gasteiger partial charge is 0.141 e. The van der Waals surface area contributed by atoms with Gasteiger partial charge >= 0.3 is 0 Å². The molecule has 0 aromatic carbocycles. The van der Waals surface area contributed by atoms with E-state index in [4.69, 9.17) is 0 Å². The van der Waals surface area contributed by atoms with E-state index in [1.54, 1.807) is 6.07 Å². The van der Waals surface area contributed by atoms with Gasteiger partial charge in [0, 0.05) is 19.1 Å². The zero-order valence-electron chi connectivity index (χ0n) is 13.1. The Morgan fingerprint density at radius 3 is 2.62 bits per heavy atom. The van der Waals surface area contributed by atoms with Gasteiger partial charge in [0.25, 0.3) is 0 Å². The standard InChI is InChI=1S/C17H27FN2O/c1-13(2)12-20(15-5-3-4-6-15)10-9-17(21)16-8-7-14(18)11-19-16/h7-8,11,13,15,17,21H,3-6,9-10,12H2,1-2H3. The van der Waals surface area contributed by atoms with Crippen molar-refractivity contribution in [1.29, 1.82) is 0 Å². The predicted molar refractivity (Wildman–Crippen MR) is 82.4 cm³/mol. The normalized spacial score (nSPS) is 17.8. The van der Waals surface area contributed by atoms with Crippen molar-refractivity contribution in [2.75, 3.05) is 13.1 Å². The molecule has 0 saturated heterocycles. The fraction of sp³-hybridized carbons (Fsp3) is 0.706. The number of halogens is 1. The fourth-order valence-electron chi connectivity index (χ4n) is 3.18. The van der Waals surface area contributed by atoms with Crippen LogP contribution in [0.15, 0.2) is 18.3 Å². The minimum absolute atomic E-state index is 0.363. The van der Waals surface area contributed by atoms with Gasteiger partial charge in [-0.1, -0.05) is 26.7 Å². The summed E-state index contributed by atoms with van der Waals surface area (Å²) < 4.78 is 12.9. The highest BCUT2D eigenvalue weighted by Gasteiger charge is 2.23. The van der Waals surface area contributed by atoms with Crippen LogP contribution in [0.4, 0.5) is 4.39 Å². The maximum atomic E-state index is 12.9. The number of hydrogen-bond donors (Lipinski definition) is 1. The second-order valence-electron chi connectivity index (χ2n) is 6.53. The minimum atomic E-state index is -0.610. The van der Waals surface area contributed by atoms with Gasteiger partial charge in [0.05, 0.1) is 18.0 Å². The number of aliphatic hydroxyl groups is 1. The van der Waals surface area contributed by atoms with Gasteiger partial charge in [-0.15, -0.1) is 0 Å². The van der Waals surface area contributed by atoms with E-state index in [9.17, 15) is 9.50 Å². The highest BCUT2D eigenvalue weighted by Crippen LogP contribution is 2.25. The molecule has 1 saturated carbocycles. The lowest BCUT2D eigenvalue weighted by molar-refractivity contribution is 0.113. The van der Waals surface area contributed by atoms with Crippen LogP contribution < -0.4 is 0 Å². The van der Waals surface area contributed by atoms with Gasteiger partial charge in [-0.25, -0.2) is 4.39 Å². The third kappa shape index (κ3) is 5.04. The molecule has 2 rings (SSSR count). The van der Waals surface area contributed by atoms with Crippen molar-refractivity contribution in [1.82, 2.24) is 9.88 Å². The molecule has 0 bridgehead atoms. The summed E-state index contributed by atoms with van der Waals surface area (Å²) in [6.07, 6.45) is 6.41. The van der Waals surface area contributed by atoms with Crippen LogP contribution in [0.3, 0.4) is 0 Å². The molecule has 21 heavy (non-hydrogen) atoms. The Labute approximate surface area is 127 Å². The maximum Gasteiger partial charge on any atom is 0.141 e. The van der Waals surface area contributed by atoms with Crippen molar-refractivity contribution in [2.24, 2.45) is 5.92 Å². The first kappa shape index (κ1) is 16.4. The van der Waals surface area contributed by atoms with Gasteiger partial charge < -0.3 is 10.0 Å². The van der Waals surface area contributed by atoms with Crippen molar-refractivity contribution in [3.8, 4) is 0 Å². The first-order chi connectivity index (χ1) is 10.1. The summed E-state index contributed by atoms with van der Waals surface area (Å²) in [6.45, 7) is 6.43. The molecule has 0 amide bonds. The second-order valence-corrected chi connectivity index (χ2v) is 6.53. The van der Waals surface area contributed by atoms with Crippen LogP contribution in [0.25, 0.3) is 0 Å². The number of nitrogens with zero attached hydrogens (tertiary/aromatic N) is 2. The largest absolute Gasteiger partial charge is 0.387 e. The summed E-state index contributed by atoms with van der Waals surface area (Å²) in [6, 6.07) is 3.59. The Balaban J connectivity index is 1.89. The van der Waals surface area contributed by atoms with E-state index in [1.807, 2.05) is 0 Å². The third-order valence-electron chi connectivity index (χ3n) is 4.22. The van der Waals surface area contributed by atoms with E-state index in [-0.39, 0.29) is 5.82 Å². The highest BCUT2D eigenvalue weighted by atomic mass is 19.1. The molecular formula is C17H27FN2O. The van der Waals surface area contributed by atoms with Gasteiger partial charge in [0.15, 0.2) is 0 Å². The van der Waals surface area contributed by atoms with Crippen LogP contribution in [0.2, 0.25) is 0 Å². The van der Waals surface area contributed by atoms with Crippen LogP contribution >= 0.6 is 0 Å². The van der Waals surface area contributed by atoms with E-state index in [0.29, 0.717) is 24.1 Å². The first-order valence-corrected chi connectivity index (χ1v) is 8.10. The van der Waals surface area contributed by atoms with Crippen molar-refractivity contribution in [2.45, 2.75) is 58.1 Å². The van der Waals surface area contributed by atoms with E-state index in [1.165, 1.54) is 37.9 Å². The highest BCUT2D eigenvalue weighted by molar-refractivity contribution is 5.08. The molecule has 4 heteroatoms. The quantitative estimate of drug-likeness (QED) is 0.835. The van der Waals surface area contributed by atoms with Crippen LogP contribution in [0, 0.1) is 11.7 Å². The molecule has 1 aliphatic carbocycles. The number of aliphatic hydroxyl groups excluding tert-OH is 1. The summed E-state index contributed by atoms with van der Waals surface area (Å²) in [5.74, 6) is 0.269. The summed E-state index contributed by atoms with van der Waals surface area (Å²) in [4.78, 5) is 6.49. The zero-order valence-corrected chi connectivity index (χ0v) is 13.1. The van der Waals surface area contributed by atoms with E-state index in [2.05, 4.69) is 23.7 Å². The molecular weight excluding hydrogens is 267 g/mol. The summed E-state index contributed by atoms with van der Waals surface area (Å²) in [5, 5.41) is 10.2. The van der Waals surface area contributed by atoms with Crippen LogP contribution in [-0.4, -0.2) is 34.1 Å². The van der Waals surface area contributed by atoms with Crippen molar-refractivity contribution in [3.63, 3.8) is 0 Å². The van der Waals surface area contributed by atoms with Gasteiger partial charge in [-0.05, 0) is 37.3 Å². The molecule has 1 unspecified atom stereocenters. The second kappa shape index (κ2) is 7.85.